The van der Waals surface area contributed by atoms with Crippen LogP contribution in [-0.2, 0) is 0 Å². The molecule has 0 unspecified atom stereocenters. The second-order valence-corrected chi connectivity index (χ2v) is 4.59. The van der Waals surface area contributed by atoms with Gasteiger partial charge in [-0.25, -0.2) is 0 Å². The van der Waals surface area contributed by atoms with Crippen molar-refractivity contribution in [3.05, 3.63) is 59.4 Å². The maximum atomic E-state index is 12.3. The van der Waals surface area contributed by atoms with E-state index in [-0.39, 0.29) is 17.3 Å². The molecule has 1 aliphatic rings. The normalized spacial score (nSPS) is 14.9. The van der Waals surface area contributed by atoms with Crippen LogP contribution in [0.5, 0.6) is 17.2 Å². The van der Waals surface area contributed by atoms with Gasteiger partial charge in [0.05, 0.1) is 12.2 Å². The number of allylic oxidation sites excluding steroid dienone is 1. The van der Waals surface area contributed by atoms with Gasteiger partial charge < -0.3 is 14.6 Å². The number of phenolic OH excluding ortho intramolecular Hbond substituents is 1. The second kappa shape index (κ2) is 5.32. The Bertz CT molecular complexity index is 731. The first-order valence-corrected chi connectivity index (χ1v) is 6.68. The number of benzene rings is 2. The molecule has 0 aliphatic carbocycles. The van der Waals surface area contributed by atoms with E-state index in [1.54, 1.807) is 12.1 Å². The number of ether oxygens (including phenoxy) is 2. The van der Waals surface area contributed by atoms with Crippen LogP contribution in [0.15, 0.2) is 48.2 Å². The zero-order chi connectivity index (χ0) is 14.8. The zero-order valence-electron chi connectivity index (χ0n) is 11.5. The predicted molar refractivity (Wildman–Crippen MR) is 78.7 cm³/mol. The second-order valence-electron chi connectivity index (χ2n) is 4.59. The highest BCUT2D eigenvalue weighted by Crippen LogP contribution is 2.35. The van der Waals surface area contributed by atoms with Crippen LogP contribution < -0.4 is 9.47 Å². The molecule has 0 saturated heterocycles. The molecule has 0 amide bonds. The summed E-state index contributed by atoms with van der Waals surface area (Å²) in [6.45, 7) is 2.45. The van der Waals surface area contributed by atoms with E-state index >= 15 is 0 Å². The third-order valence-electron chi connectivity index (χ3n) is 3.16. The van der Waals surface area contributed by atoms with E-state index in [1.807, 2.05) is 31.2 Å². The summed E-state index contributed by atoms with van der Waals surface area (Å²) in [7, 11) is 0. The molecule has 4 nitrogen and oxygen atoms in total. The van der Waals surface area contributed by atoms with Gasteiger partial charge in [0.1, 0.15) is 17.2 Å². The molecule has 4 heteroatoms. The number of hydrogen-bond acceptors (Lipinski definition) is 4. The van der Waals surface area contributed by atoms with Crippen LogP contribution in [0.1, 0.15) is 22.8 Å². The Morgan fingerprint density at radius 2 is 2.05 bits per heavy atom. The Hall–Kier alpha value is -2.75. The van der Waals surface area contributed by atoms with Crippen LogP contribution in [0.3, 0.4) is 0 Å². The number of fused-ring (bicyclic) bond motifs is 1. The first-order chi connectivity index (χ1) is 10.2. The SMILES string of the molecule is CCOc1ccccc1/C=C1\Oc2cc(O)ccc2C1=O. The lowest BCUT2D eigenvalue weighted by Crippen LogP contribution is -1.99. The maximum Gasteiger partial charge on any atom is 0.231 e. The molecule has 3 rings (SSSR count). The van der Waals surface area contributed by atoms with Gasteiger partial charge in [-0.05, 0) is 31.2 Å². The van der Waals surface area contributed by atoms with Crippen LogP contribution in [0.4, 0.5) is 0 Å². The molecule has 2 aromatic rings. The highest BCUT2D eigenvalue weighted by molar-refractivity contribution is 6.14. The summed E-state index contributed by atoms with van der Waals surface area (Å²) in [5.41, 5.74) is 1.23. The van der Waals surface area contributed by atoms with E-state index < -0.39 is 0 Å². The third kappa shape index (κ3) is 2.48. The van der Waals surface area contributed by atoms with Crippen molar-refractivity contribution in [1.29, 1.82) is 0 Å². The number of rotatable bonds is 3. The third-order valence-corrected chi connectivity index (χ3v) is 3.16. The van der Waals surface area contributed by atoms with E-state index in [4.69, 9.17) is 9.47 Å². The Labute approximate surface area is 122 Å². The summed E-state index contributed by atoms with van der Waals surface area (Å²) >= 11 is 0. The summed E-state index contributed by atoms with van der Waals surface area (Å²) in [6, 6.07) is 11.9. The van der Waals surface area contributed by atoms with Crippen molar-refractivity contribution in [1.82, 2.24) is 0 Å². The minimum absolute atomic E-state index is 0.0671. The molecular weight excluding hydrogens is 268 g/mol. The molecule has 1 heterocycles. The largest absolute Gasteiger partial charge is 0.508 e. The first kappa shape index (κ1) is 13.2. The van der Waals surface area contributed by atoms with Crippen molar-refractivity contribution < 1.29 is 19.4 Å². The molecule has 1 aliphatic heterocycles. The quantitative estimate of drug-likeness (QED) is 0.876. The van der Waals surface area contributed by atoms with E-state index in [9.17, 15) is 9.90 Å². The van der Waals surface area contributed by atoms with Gasteiger partial charge in [-0.1, -0.05) is 18.2 Å². The molecule has 0 atom stereocenters. The van der Waals surface area contributed by atoms with E-state index in [1.165, 1.54) is 12.1 Å². The topological polar surface area (TPSA) is 55.8 Å². The minimum Gasteiger partial charge on any atom is -0.508 e. The summed E-state index contributed by atoms with van der Waals surface area (Å²) in [4.78, 5) is 12.3. The lowest BCUT2D eigenvalue weighted by molar-refractivity contribution is 0.101. The molecule has 2 aromatic carbocycles. The number of carbonyl (C=O) groups excluding carboxylic acids is 1. The average molecular weight is 282 g/mol. The van der Waals surface area contributed by atoms with Crippen molar-refractivity contribution in [2.24, 2.45) is 0 Å². The number of ketones is 1. The van der Waals surface area contributed by atoms with Gasteiger partial charge in [0.15, 0.2) is 5.76 Å². The predicted octanol–water partition coefficient (Wildman–Crippen LogP) is 3.41. The van der Waals surface area contributed by atoms with Crippen LogP contribution in [0, 0.1) is 0 Å². The monoisotopic (exact) mass is 282 g/mol. The van der Waals surface area contributed by atoms with Crippen molar-refractivity contribution in [2.45, 2.75) is 6.92 Å². The van der Waals surface area contributed by atoms with Gasteiger partial charge in [-0.2, -0.15) is 0 Å². The Morgan fingerprint density at radius 1 is 1.24 bits per heavy atom. The standard InChI is InChI=1S/C17H14O4/c1-2-20-14-6-4-3-5-11(14)9-16-17(19)13-8-7-12(18)10-15(13)21-16/h3-10,18H,2H2,1H3/b16-9-. The Morgan fingerprint density at radius 3 is 2.86 bits per heavy atom. The van der Waals surface area contributed by atoms with E-state index in [0.29, 0.717) is 23.7 Å². The summed E-state index contributed by atoms with van der Waals surface area (Å²) in [5.74, 6) is 1.17. The van der Waals surface area contributed by atoms with Gasteiger partial charge in [0, 0.05) is 11.6 Å². The Kier molecular flexibility index (Phi) is 3.36. The van der Waals surface area contributed by atoms with E-state index in [0.717, 1.165) is 5.56 Å². The lowest BCUT2D eigenvalue weighted by atomic mass is 10.1. The van der Waals surface area contributed by atoms with Crippen LogP contribution >= 0.6 is 0 Å². The number of hydrogen-bond donors (Lipinski definition) is 1. The molecule has 21 heavy (non-hydrogen) atoms. The maximum absolute atomic E-state index is 12.3. The highest BCUT2D eigenvalue weighted by atomic mass is 16.5. The van der Waals surface area contributed by atoms with Crippen molar-refractivity contribution >= 4 is 11.9 Å². The highest BCUT2D eigenvalue weighted by Gasteiger charge is 2.27. The molecule has 1 N–H and O–H groups in total. The van der Waals surface area contributed by atoms with Crippen molar-refractivity contribution in [3.8, 4) is 17.2 Å². The number of aromatic hydroxyl groups is 1. The summed E-state index contributed by atoms with van der Waals surface area (Å²) in [6.07, 6.45) is 1.66. The van der Waals surface area contributed by atoms with Gasteiger partial charge in [-0.3, -0.25) is 4.79 Å². The molecule has 0 radical (unpaired) electrons. The number of Topliss-reactive ketones (excluding diaryl/α,β-unsaturated/α-hetero) is 1. The Balaban J connectivity index is 1.98. The van der Waals surface area contributed by atoms with Crippen molar-refractivity contribution in [3.63, 3.8) is 0 Å². The number of carbonyl (C=O) groups is 1. The average Bonchev–Trinajstić information content (AvgIpc) is 2.77. The minimum atomic E-state index is -0.198. The summed E-state index contributed by atoms with van der Waals surface area (Å²) in [5, 5.41) is 9.44. The van der Waals surface area contributed by atoms with Crippen LogP contribution in [0.25, 0.3) is 6.08 Å². The molecule has 0 saturated carbocycles. The fourth-order valence-electron chi connectivity index (χ4n) is 2.20. The van der Waals surface area contributed by atoms with Gasteiger partial charge in [0.25, 0.3) is 0 Å². The fourth-order valence-corrected chi connectivity index (χ4v) is 2.20. The summed E-state index contributed by atoms with van der Waals surface area (Å²) < 4.78 is 11.1. The van der Waals surface area contributed by atoms with Gasteiger partial charge in [-0.15, -0.1) is 0 Å². The number of para-hydroxylation sites is 1. The first-order valence-electron chi connectivity index (χ1n) is 6.68. The fraction of sp³-hybridized carbons (Fsp3) is 0.118. The smallest absolute Gasteiger partial charge is 0.231 e. The molecular formula is C17H14O4. The molecule has 0 fully saturated rings. The number of phenols is 1. The van der Waals surface area contributed by atoms with Crippen LogP contribution in [-0.4, -0.2) is 17.5 Å². The molecule has 106 valence electrons. The van der Waals surface area contributed by atoms with Gasteiger partial charge in [0.2, 0.25) is 5.78 Å². The molecule has 0 bridgehead atoms. The molecule has 0 spiro atoms. The molecule has 0 aromatic heterocycles. The lowest BCUT2D eigenvalue weighted by Gasteiger charge is -2.07. The zero-order valence-corrected chi connectivity index (χ0v) is 11.5. The van der Waals surface area contributed by atoms with Crippen molar-refractivity contribution in [2.75, 3.05) is 6.61 Å². The van der Waals surface area contributed by atoms with E-state index in [2.05, 4.69) is 0 Å². The van der Waals surface area contributed by atoms with Gasteiger partial charge >= 0.3 is 0 Å². The van der Waals surface area contributed by atoms with Crippen LogP contribution in [0.2, 0.25) is 0 Å².